The number of hydrogen-bond donors (Lipinski definition) is 1. The lowest BCUT2D eigenvalue weighted by Crippen LogP contribution is -2.32. The largest absolute Gasteiger partial charge is 0.573 e. The third kappa shape index (κ3) is 6.19. The molecule has 0 bridgehead atoms. The average Bonchev–Trinajstić information content (AvgIpc) is 2.54. The van der Waals surface area contributed by atoms with Crippen LogP contribution in [0.2, 0.25) is 5.02 Å². The molecule has 2 aromatic rings. The van der Waals surface area contributed by atoms with Crippen LogP contribution in [0, 0.1) is 0 Å². The minimum Gasteiger partial charge on any atom is -0.481 e. The highest BCUT2D eigenvalue weighted by Crippen LogP contribution is 2.24. The van der Waals surface area contributed by atoms with Crippen molar-refractivity contribution in [2.45, 2.75) is 25.8 Å². The van der Waals surface area contributed by atoms with Crippen LogP contribution in [0.25, 0.3) is 0 Å². The predicted octanol–water partition coefficient (Wildman–Crippen LogP) is 5.03. The Labute approximate surface area is 147 Å². The molecule has 4 nitrogen and oxygen atoms in total. The molecule has 0 aromatic heterocycles. The number of amides is 1. The Balaban J connectivity index is 1.97. The SMILES string of the molecule is CC[C@@H](Oc1ccc(Cl)cc1)C(=O)Nc1ccc(OC(F)(F)F)cc1. The number of rotatable bonds is 6. The molecule has 1 amide bonds. The van der Waals surface area contributed by atoms with Gasteiger partial charge in [0, 0.05) is 10.7 Å². The zero-order valence-corrected chi connectivity index (χ0v) is 13.9. The van der Waals surface area contributed by atoms with E-state index in [1.807, 2.05) is 0 Å². The first-order chi connectivity index (χ1) is 11.8. The molecule has 0 saturated heterocycles. The predicted molar refractivity (Wildman–Crippen MR) is 87.9 cm³/mol. The van der Waals surface area contributed by atoms with Crippen molar-refractivity contribution in [2.75, 3.05) is 5.32 Å². The van der Waals surface area contributed by atoms with E-state index in [2.05, 4.69) is 10.1 Å². The van der Waals surface area contributed by atoms with Crippen LogP contribution in [0.4, 0.5) is 18.9 Å². The third-order valence-corrected chi connectivity index (χ3v) is 3.36. The van der Waals surface area contributed by atoms with Gasteiger partial charge in [0.25, 0.3) is 5.91 Å². The van der Waals surface area contributed by atoms with Crippen LogP contribution in [0.1, 0.15) is 13.3 Å². The summed E-state index contributed by atoms with van der Waals surface area (Å²) in [4.78, 5) is 12.3. The maximum Gasteiger partial charge on any atom is 0.573 e. The smallest absolute Gasteiger partial charge is 0.481 e. The Bertz CT molecular complexity index is 703. The number of nitrogens with one attached hydrogen (secondary N) is 1. The molecule has 0 heterocycles. The summed E-state index contributed by atoms with van der Waals surface area (Å²) < 4.78 is 45.7. The molecule has 0 fully saturated rings. The standard InChI is InChI=1S/C17H15ClF3NO3/c1-2-15(24-13-7-3-11(18)4-8-13)16(23)22-12-5-9-14(10-6-12)25-17(19,20)21/h3-10,15H,2H2,1H3,(H,22,23)/t15-/m1/s1. The summed E-state index contributed by atoms with van der Waals surface area (Å²) in [5.41, 5.74) is 0.331. The molecule has 1 atom stereocenters. The topological polar surface area (TPSA) is 47.6 Å². The van der Waals surface area contributed by atoms with Crippen LogP contribution < -0.4 is 14.8 Å². The van der Waals surface area contributed by atoms with Gasteiger partial charge in [-0.2, -0.15) is 0 Å². The molecule has 8 heteroatoms. The second kappa shape index (κ2) is 8.11. The van der Waals surface area contributed by atoms with Crippen molar-refractivity contribution < 1.29 is 27.4 Å². The number of hydrogen-bond acceptors (Lipinski definition) is 3. The average molecular weight is 374 g/mol. The van der Waals surface area contributed by atoms with Crippen molar-refractivity contribution in [1.82, 2.24) is 0 Å². The quantitative estimate of drug-likeness (QED) is 0.772. The summed E-state index contributed by atoms with van der Waals surface area (Å²) >= 11 is 5.79. The molecular formula is C17H15ClF3NO3. The summed E-state index contributed by atoms with van der Waals surface area (Å²) in [6.45, 7) is 1.78. The van der Waals surface area contributed by atoms with Crippen molar-refractivity contribution in [3.63, 3.8) is 0 Å². The van der Waals surface area contributed by atoms with Gasteiger partial charge in [0.05, 0.1) is 0 Å². The summed E-state index contributed by atoms with van der Waals surface area (Å²) in [6.07, 6.45) is -5.11. The normalized spacial score (nSPS) is 12.4. The van der Waals surface area contributed by atoms with Crippen LogP contribution in [0.5, 0.6) is 11.5 Å². The number of carbonyl (C=O) groups is 1. The fourth-order valence-corrected chi connectivity index (χ4v) is 2.09. The Kier molecular flexibility index (Phi) is 6.14. The van der Waals surface area contributed by atoms with E-state index in [-0.39, 0.29) is 5.75 Å². The molecule has 0 spiro atoms. The minimum absolute atomic E-state index is 0.331. The molecule has 0 saturated carbocycles. The van der Waals surface area contributed by atoms with Crippen LogP contribution in [-0.4, -0.2) is 18.4 Å². The van der Waals surface area contributed by atoms with Gasteiger partial charge in [0.2, 0.25) is 0 Å². The fourth-order valence-electron chi connectivity index (χ4n) is 1.96. The zero-order chi connectivity index (χ0) is 18.4. The van der Waals surface area contributed by atoms with E-state index in [1.165, 1.54) is 12.1 Å². The Morgan fingerprint density at radius 1 is 1.08 bits per heavy atom. The number of ether oxygens (including phenoxy) is 2. The molecule has 0 aliphatic carbocycles. The molecule has 2 aromatic carbocycles. The molecule has 0 radical (unpaired) electrons. The number of benzene rings is 2. The molecule has 134 valence electrons. The third-order valence-electron chi connectivity index (χ3n) is 3.11. The fraction of sp³-hybridized carbons (Fsp3) is 0.235. The second-order valence-electron chi connectivity index (χ2n) is 5.03. The number of alkyl halides is 3. The highest BCUT2D eigenvalue weighted by atomic mass is 35.5. The molecule has 0 unspecified atom stereocenters. The number of halogens is 4. The van der Waals surface area contributed by atoms with Crippen LogP contribution >= 0.6 is 11.6 Å². The first kappa shape index (κ1) is 18.9. The minimum atomic E-state index is -4.76. The van der Waals surface area contributed by atoms with E-state index in [0.717, 1.165) is 12.1 Å². The highest BCUT2D eigenvalue weighted by Gasteiger charge is 2.31. The molecule has 0 aliphatic heterocycles. The number of anilines is 1. The monoisotopic (exact) mass is 373 g/mol. The lowest BCUT2D eigenvalue weighted by atomic mass is 10.2. The van der Waals surface area contributed by atoms with Crippen molar-refractivity contribution >= 4 is 23.2 Å². The van der Waals surface area contributed by atoms with Crippen molar-refractivity contribution in [1.29, 1.82) is 0 Å². The van der Waals surface area contributed by atoms with Crippen molar-refractivity contribution in [2.24, 2.45) is 0 Å². The number of carbonyl (C=O) groups excluding carboxylic acids is 1. The highest BCUT2D eigenvalue weighted by molar-refractivity contribution is 6.30. The molecule has 25 heavy (non-hydrogen) atoms. The molecule has 1 N–H and O–H groups in total. The lowest BCUT2D eigenvalue weighted by molar-refractivity contribution is -0.274. The maximum atomic E-state index is 12.3. The van der Waals surface area contributed by atoms with E-state index in [9.17, 15) is 18.0 Å². The van der Waals surface area contributed by atoms with Crippen LogP contribution in [0.15, 0.2) is 48.5 Å². The van der Waals surface area contributed by atoms with E-state index < -0.39 is 18.4 Å². The molecule has 0 aliphatic rings. The lowest BCUT2D eigenvalue weighted by Gasteiger charge is -2.17. The van der Waals surface area contributed by atoms with Crippen LogP contribution in [0.3, 0.4) is 0 Å². The Hall–Kier alpha value is -2.41. The van der Waals surface area contributed by atoms with Gasteiger partial charge in [-0.15, -0.1) is 13.2 Å². The van der Waals surface area contributed by atoms with E-state index in [1.54, 1.807) is 31.2 Å². The summed E-state index contributed by atoms with van der Waals surface area (Å²) in [5, 5.41) is 3.14. The molecular weight excluding hydrogens is 359 g/mol. The summed E-state index contributed by atoms with van der Waals surface area (Å²) in [5.74, 6) is -0.294. The Morgan fingerprint density at radius 2 is 1.64 bits per heavy atom. The van der Waals surface area contributed by atoms with Gasteiger partial charge >= 0.3 is 6.36 Å². The van der Waals surface area contributed by atoms with E-state index >= 15 is 0 Å². The first-order valence-corrected chi connectivity index (χ1v) is 7.73. The van der Waals surface area contributed by atoms with Crippen molar-refractivity contribution in [3.05, 3.63) is 53.6 Å². The van der Waals surface area contributed by atoms with Gasteiger partial charge in [-0.3, -0.25) is 4.79 Å². The van der Waals surface area contributed by atoms with Gasteiger partial charge < -0.3 is 14.8 Å². The zero-order valence-electron chi connectivity index (χ0n) is 13.1. The van der Waals surface area contributed by atoms with Crippen LogP contribution in [-0.2, 0) is 4.79 Å². The maximum absolute atomic E-state index is 12.3. The second-order valence-corrected chi connectivity index (χ2v) is 5.47. The van der Waals surface area contributed by atoms with Crippen molar-refractivity contribution in [3.8, 4) is 11.5 Å². The van der Waals surface area contributed by atoms with Gasteiger partial charge in [-0.1, -0.05) is 18.5 Å². The van der Waals surface area contributed by atoms with Gasteiger partial charge in [-0.05, 0) is 55.0 Å². The summed E-state index contributed by atoms with van der Waals surface area (Å²) in [6, 6.07) is 11.4. The Morgan fingerprint density at radius 3 is 2.16 bits per heavy atom. The van der Waals surface area contributed by atoms with E-state index in [4.69, 9.17) is 16.3 Å². The van der Waals surface area contributed by atoms with Gasteiger partial charge in [0.1, 0.15) is 11.5 Å². The van der Waals surface area contributed by atoms with Gasteiger partial charge in [-0.25, -0.2) is 0 Å². The molecule has 2 rings (SSSR count). The van der Waals surface area contributed by atoms with Gasteiger partial charge in [0.15, 0.2) is 6.10 Å². The first-order valence-electron chi connectivity index (χ1n) is 7.35. The summed E-state index contributed by atoms with van der Waals surface area (Å²) in [7, 11) is 0. The van der Waals surface area contributed by atoms with E-state index in [0.29, 0.717) is 22.9 Å².